The first-order valence-corrected chi connectivity index (χ1v) is 9.71. The minimum atomic E-state index is -0.0773. The van der Waals surface area contributed by atoms with Crippen LogP contribution in [0, 0.1) is 6.92 Å². The predicted octanol–water partition coefficient (Wildman–Crippen LogP) is 4.29. The summed E-state index contributed by atoms with van der Waals surface area (Å²) in [7, 11) is 0. The highest BCUT2D eigenvalue weighted by atomic mass is 32.2. The summed E-state index contributed by atoms with van der Waals surface area (Å²) < 4.78 is 5.48. The first kappa shape index (κ1) is 16.8. The van der Waals surface area contributed by atoms with Gasteiger partial charge in [0.1, 0.15) is 0 Å². The van der Waals surface area contributed by atoms with E-state index in [0.717, 1.165) is 21.7 Å². The third-order valence-corrected chi connectivity index (χ3v) is 5.28. The predicted molar refractivity (Wildman–Crippen MR) is 102 cm³/mol. The van der Waals surface area contributed by atoms with Crippen LogP contribution in [0.15, 0.2) is 57.9 Å². The fourth-order valence-electron chi connectivity index (χ4n) is 3.20. The highest BCUT2D eigenvalue weighted by molar-refractivity contribution is 7.98. The zero-order valence-electron chi connectivity index (χ0n) is 14.7. The Morgan fingerprint density at radius 2 is 2.04 bits per heavy atom. The number of carbonyl (C=O) groups is 1. The number of hydrogen-bond donors (Lipinski definition) is 0. The van der Waals surface area contributed by atoms with Crippen molar-refractivity contribution in [3.05, 3.63) is 60.0 Å². The van der Waals surface area contributed by atoms with Crippen molar-refractivity contribution in [1.82, 2.24) is 10.1 Å². The summed E-state index contributed by atoms with van der Waals surface area (Å²) in [6.07, 6.45) is 2.41. The van der Waals surface area contributed by atoms with Gasteiger partial charge in [-0.3, -0.25) is 4.79 Å². The molecule has 1 fully saturated rings. The van der Waals surface area contributed by atoms with Gasteiger partial charge in [-0.2, -0.15) is 4.98 Å². The van der Waals surface area contributed by atoms with Crippen LogP contribution in [0.4, 0.5) is 5.69 Å². The van der Waals surface area contributed by atoms with E-state index in [2.05, 4.69) is 10.1 Å². The molecule has 0 bridgehead atoms. The fraction of sp³-hybridized carbons (Fsp3) is 0.250. The number of aromatic nitrogens is 2. The van der Waals surface area contributed by atoms with Crippen molar-refractivity contribution in [1.29, 1.82) is 0 Å². The number of benzene rings is 2. The zero-order chi connectivity index (χ0) is 18.1. The van der Waals surface area contributed by atoms with Crippen LogP contribution in [0.2, 0.25) is 0 Å². The van der Waals surface area contributed by atoms with Gasteiger partial charge in [-0.15, -0.1) is 11.8 Å². The Bertz CT molecular complexity index is 953. The zero-order valence-corrected chi connectivity index (χ0v) is 15.5. The van der Waals surface area contributed by atoms with E-state index in [-0.39, 0.29) is 11.8 Å². The van der Waals surface area contributed by atoms with Crippen LogP contribution >= 0.6 is 11.8 Å². The smallest absolute Gasteiger partial charge is 0.232 e. The summed E-state index contributed by atoms with van der Waals surface area (Å²) in [5.41, 5.74) is 2.99. The van der Waals surface area contributed by atoms with Crippen LogP contribution in [0.5, 0.6) is 0 Å². The van der Waals surface area contributed by atoms with E-state index in [0.29, 0.717) is 24.7 Å². The monoisotopic (exact) mass is 365 g/mol. The van der Waals surface area contributed by atoms with Gasteiger partial charge in [-0.05, 0) is 37.4 Å². The maximum Gasteiger partial charge on any atom is 0.232 e. The summed E-state index contributed by atoms with van der Waals surface area (Å²) in [6, 6.07) is 16.0. The lowest BCUT2D eigenvalue weighted by atomic mass is 10.1. The number of rotatable bonds is 4. The Morgan fingerprint density at radius 3 is 2.85 bits per heavy atom. The quantitative estimate of drug-likeness (QED) is 0.646. The van der Waals surface area contributed by atoms with Gasteiger partial charge >= 0.3 is 0 Å². The molecule has 5 nitrogen and oxygen atoms in total. The summed E-state index contributed by atoms with van der Waals surface area (Å²) >= 11 is 1.66. The van der Waals surface area contributed by atoms with Gasteiger partial charge in [0.15, 0.2) is 0 Å². The number of nitrogens with zero attached hydrogens (tertiary/aromatic N) is 3. The molecule has 0 radical (unpaired) electrons. The lowest BCUT2D eigenvalue weighted by Gasteiger charge is -2.16. The van der Waals surface area contributed by atoms with E-state index >= 15 is 0 Å². The van der Waals surface area contributed by atoms with E-state index in [1.54, 1.807) is 16.7 Å². The minimum Gasteiger partial charge on any atom is -0.339 e. The Kier molecular flexibility index (Phi) is 4.51. The number of thioether (sulfide) groups is 1. The lowest BCUT2D eigenvalue weighted by molar-refractivity contribution is -0.117. The van der Waals surface area contributed by atoms with Crippen LogP contribution in [0.1, 0.15) is 23.8 Å². The topological polar surface area (TPSA) is 59.2 Å². The normalized spacial score (nSPS) is 17.1. The van der Waals surface area contributed by atoms with Gasteiger partial charge < -0.3 is 9.42 Å². The lowest BCUT2D eigenvalue weighted by Crippen LogP contribution is -2.24. The second kappa shape index (κ2) is 6.96. The van der Waals surface area contributed by atoms with Crippen LogP contribution in [-0.2, 0) is 4.79 Å². The molecule has 26 heavy (non-hydrogen) atoms. The molecule has 3 aromatic rings. The van der Waals surface area contributed by atoms with Gasteiger partial charge in [-0.1, -0.05) is 35.0 Å². The third kappa shape index (κ3) is 3.24. The van der Waals surface area contributed by atoms with Gasteiger partial charge in [-0.25, -0.2) is 0 Å². The largest absolute Gasteiger partial charge is 0.339 e. The summed E-state index contributed by atoms with van der Waals surface area (Å²) in [5.74, 6) is 1.10. The van der Waals surface area contributed by atoms with Gasteiger partial charge in [0.25, 0.3) is 0 Å². The highest BCUT2D eigenvalue weighted by Crippen LogP contribution is 2.33. The number of aryl methyl sites for hydroxylation is 1. The van der Waals surface area contributed by atoms with Gasteiger partial charge in [0.05, 0.1) is 5.92 Å². The van der Waals surface area contributed by atoms with Crippen molar-refractivity contribution in [2.75, 3.05) is 17.7 Å². The average Bonchev–Trinajstić information content (AvgIpc) is 3.28. The number of amides is 1. The van der Waals surface area contributed by atoms with Gasteiger partial charge in [0, 0.05) is 29.1 Å². The molecule has 1 amide bonds. The van der Waals surface area contributed by atoms with E-state index in [1.165, 1.54) is 0 Å². The minimum absolute atomic E-state index is 0.0773. The molecule has 1 aliphatic heterocycles. The molecule has 1 aliphatic rings. The Labute approximate surface area is 156 Å². The SMILES string of the molecule is CSc1cccc(N2CC(c3nc(-c4cccc(C)c4)no3)CC2=O)c1. The van der Waals surface area contributed by atoms with Crippen molar-refractivity contribution in [3.63, 3.8) is 0 Å². The molecule has 0 spiro atoms. The average molecular weight is 365 g/mol. The molecule has 0 saturated carbocycles. The molecule has 1 aromatic heterocycles. The molecule has 0 N–H and O–H groups in total. The molecular weight excluding hydrogens is 346 g/mol. The van der Waals surface area contributed by atoms with Crippen LogP contribution in [0.3, 0.4) is 0 Å². The molecule has 6 heteroatoms. The number of anilines is 1. The molecule has 1 atom stereocenters. The Morgan fingerprint density at radius 1 is 1.19 bits per heavy atom. The van der Waals surface area contributed by atoms with Crippen molar-refractivity contribution in [3.8, 4) is 11.4 Å². The molecule has 1 saturated heterocycles. The highest BCUT2D eigenvalue weighted by Gasteiger charge is 2.35. The number of carbonyl (C=O) groups excluding carboxylic acids is 1. The Balaban J connectivity index is 1.56. The first-order chi connectivity index (χ1) is 12.6. The molecule has 0 aliphatic carbocycles. The van der Waals surface area contributed by atoms with Crippen molar-refractivity contribution in [2.24, 2.45) is 0 Å². The van der Waals surface area contributed by atoms with E-state index in [4.69, 9.17) is 4.52 Å². The van der Waals surface area contributed by atoms with Crippen molar-refractivity contribution >= 4 is 23.4 Å². The number of hydrogen-bond acceptors (Lipinski definition) is 5. The van der Waals surface area contributed by atoms with Crippen LogP contribution < -0.4 is 4.90 Å². The summed E-state index contributed by atoms with van der Waals surface area (Å²) in [6.45, 7) is 2.59. The van der Waals surface area contributed by atoms with Gasteiger partial charge in [0.2, 0.25) is 17.6 Å². The van der Waals surface area contributed by atoms with E-state index in [1.807, 2.05) is 61.7 Å². The van der Waals surface area contributed by atoms with Crippen LogP contribution in [0.25, 0.3) is 11.4 Å². The second-order valence-corrected chi connectivity index (χ2v) is 7.31. The maximum absolute atomic E-state index is 12.5. The summed E-state index contributed by atoms with van der Waals surface area (Å²) in [4.78, 5) is 20.0. The standard InChI is InChI=1S/C20H19N3O2S/c1-13-5-3-6-14(9-13)19-21-20(25-22-19)15-10-18(24)23(12-15)16-7-4-8-17(11-16)26-2/h3-9,11,15H,10,12H2,1-2H3. The van der Waals surface area contributed by atoms with Crippen molar-refractivity contribution in [2.45, 2.75) is 24.2 Å². The second-order valence-electron chi connectivity index (χ2n) is 6.43. The maximum atomic E-state index is 12.5. The van der Waals surface area contributed by atoms with Crippen LogP contribution in [-0.4, -0.2) is 28.8 Å². The Hall–Kier alpha value is -2.60. The van der Waals surface area contributed by atoms with E-state index < -0.39 is 0 Å². The first-order valence-electron chi connectivity index (χ1n) is 8.49. The van der Waals surface area contributed by atoms with E-state index in [9.17, 15) is 4.79 Å². The fourth-order valence-corrected chi connectivity index (χ4v) is 3.66. The molecule has 132 valence electrons. The molecule has 1 unspecified atom stereocenters. The third-order valence-electron chi connectivity index (χ3n) is 4.56. The summed E-state index contributed by atoms with van der Waals surface area (Å²) in [5, 5.41) is 4.10. The molecular formula is C20H19N3O2S. The molecule has 2 aromatic carbocycles. The molecule has 4 rings (SSSR count). The van der Waals surface area contributed by atoms with Crippen molar-refractivity contribution < 1.29 is 9.32 Å². The molecule has 2 heterocycles.